The van der Waals surface area contributed by atoms with E-state index in [9.17, 15) is 0 Å². The molecule has 0 aromatic carbocycles. The van der Waals surface area contributed by atoms with E-state index in [0.717, 1.165) is 17.0 Å². The normalized spacial score (nSPS) is 9.83. The van der Waals surface area contributed by atoms with Gasteiger partial charge >= 0.3 is 0 Å². The minimum absolute atomic E-state index is 0.364. The molecular formula is C13H13N5. The number of aromatic nitrogens is 3. The monoisotopic (exact) mass is 239 g/mol. The quantitative estimate of drug-likeness (QED) is 0.886. The molecule has 0 fully saturated rings. The van der Waals surface area contributed by atoms with Gasteiger partial charge in [0.1, 0.15) is 11.8 Å². The van der Waals surface area contributed by atoms with Crippen LogP contribution in [-0.2, 0) is 6.54 Å². The van der Waals surface area contributed by atoms with Crippen LogP contribution in [0, 0.1) is 25.2 Å². The van der Waals surface area contributed by atoms with Gasteiger partial charge in [0.15, 0.2) is 0 Å². The van der Waals surface area contributed by atoms with Crippen LogP contribution in [0.5, 0.6) is 0 Å². The molecule has 90 valence electrons. The number of aryl methyl sites for hydroxylation is 2. The SMILES string of the molecule is Cc1cc(C#N)nc(NCc2ncccc2C)n1. The smallest absolute Gasteiger partial charge is 0.224 e. The molecule has 1 N–H and O–H groups in total. The van der Waals surface area contributed by atoms with E-state index in [-0.39, 0.29) is 0 Å². The van der Waals surface area contributed by atoms with Gasteiger partial charge in [0.2, 0.25) is 5.95 Å². The highest BCUT2D eigenvalue weighted by atomic mass is 15.1. The summed E-state index contributed by atoms with van der Waals surface area (Å²) in [4.78, 5) is 12.6. The summed E-state index contributed by atoms with van der Waals surface area (Å²) >= 11 is 0. The summed E-state index contributed by atoms with van der Waals surface area (Å²) in [5, 5.41) is 11.9. The first-order valence-electron chi connectivity index (χ1n) is 5.59. The molecule has 2 aromatic heterocycles. The van der Waals surface area contributed by atoms with Gasteiger partial charge in [-0.2, -0.15) is 5.26 Å². The van der Waals surface area contributed by atoms with Crippen molar-refractivity contribution >= 4 is 5.95 Å². The summed E-state index contributed by atoms with van der Waals surface area (Å²) < 4.78 is 0. The van der Waals surface area contributed by atoms with Crippen LogP contribution in [0.3, 0.4) is 0 Å². The van der Waals surface area contributed by atoms with Crippen LogP contribution in [0.2, 0.25) is 0 Å². The van der Waals surface area contributed by atoms with E-state index in [1.807, 2.05) is 32.0 Å². The predicted octanol–water partition coefficient (Wildman–Crippen LogP) is 1.97. The van der Waals surface area contributed by atoms with Gasteiger partial charge in [-0.1, -0.05) is 6.07 Å². The summed E-state index contributed by atoms with van der Waals surface area (Å²) in [7, 11) is 0. The van der Waals surface area contributed by atoms with Crippen molar-refractivity contribution in [2.45, 2.75) is 20.4 Å². The molecule has 0 amide bonds. The minimum Gasteiger partial charge on any atom is -0.349 e. The molecule has 0 aliphatic heterocycles. The van der Waals surface area contributed by atoms with Crippen LogP contribution < -0.4 is 5.32 Å². The van der Waals surface area contributed by atoms with Crippen molar-refractivity contribution in [1.29, 1.82) is 5.26 Å². The molecule has 0 bridgehead atoms. The summed E-state index contributed by atoms with van der Waals surface area (Å²) in [6.07, 6.45) is 1.75. The Labute approximate surface area is 106 Å². The van der Waals surface area contributed by atoms with E-state index < -0.39 is 0 Å². The van der Waals surface area contributed by atoms with Crippen molar-refractivity contribution in [2.75, 3.05) is 5.32 Å². The van der Waals surface area contributed by atoms with E-state index in [2.05, 4.69) is 20.3 Å². The Bertz CT molecular complexity index is 601. The number of rotatable bonds is 3. The fourth-order valence-electron chi connectivity index (χ4n) is 1.57. The fourth-order valence-corrected chi connectivity index (χ4v) is 1.57. The van der Waals surface area contributed by atoms with E-state index >= 15 is 0 Å². The largest absolute Gasteiger partial charge is 0.349 e. The van der Waals surface area contributed by atoms with Gasteiger partial charge in [0.25, 0.3) is 0 Å². The molecular weight excluding hydrogens is 226 g/mol. The van der Waals surface area contributed by atoms with Crippen LogP contribution in [0.25, 0.3) is 0 Å². The van der Waals surface area contributed by atoms with E-state index in [4.69, 9.17) is 5.26 Å². The lowest BCUT2D eigenvalue weighted by Crippen LogP contribution is -2.07. The van der Waals surface area contributed by atoms with Gasteiger partial charge < -0.3 is 5.32 Å². The molecule has 0 aliphatic carbocycles. The van der Waals surface area contributed by atoms with Gasteiger partial charge in [-0.15, -0.1) is 0 Å². The van der Waals surface area contributed by atoms with Crippen LogP contribution in [0.4, 0.5) is 5.95 Å². The molecule has 5 heteroatoms. The third kappa shape index (κ3) is 2.80. The number of anilines is 1. The number of nitrogens with one attached hydrogen (secondary N) is 1. The highest BCUT2D eigenvalue weighted by Crippen LogP contribution is 2.08. The fraction of sp³-hybridized carbons (Fsp3) is 0.231. The molecule has 0 unspecified atom stereocenters. The number of nitriles is 1. The van der Waals surface area contributed by atoms with Gasteiger partial charge in [0.05, 0.1) is 12.2 Å². The van der Waals surface area contributed by atoms with Crippen molar-refractivity contribution in [1.82, 2.24) is 15.0 Å². The molecule has 5 nitrogen and oxygen atoms in total. The second-order valence-corrected chi connectivity index (χ2v) is 3.95. The van der Waals surface area contributed by atoms with Crippen molar-refractivity contribution in [3.05, 3.63) is 47.0 Å². The molecule has 0 atom stereocenters. The molecule has 0 radical (unpaired) electrons. The summed E-state index contributed by atoms with van der Waals surface area (Å²) in [6, 6.07) is 7.56. The predicted molar refractivity (Wildman–Crippen MR) is 67.8 cm³/mol. The van der Waals surface area contributed by atoms with Crippen molar-refractivity contribution in [3.8, 4) is 6.07 Å². The average molecular weight is 239 g/mol. The zero-order chi connectivity index (χ0) is 13.0. The number of nitrogens with zero attached hydrogens (tertiary/aromatic N) is 4. The van der Waals surface area contributed by atoms with Crippen molar-refractivity contribution in [2.24, 2.45) is 0 Å². The Morgan fingerprint density at radius 1 is 1.33 bits per heavy atom. The zero-order valence-electron chi connectivity index (χ0n) is 10.3. The first-order valence-corrected chi connectivity index (χ1v) is 5.59. The Balaban J connectivity index is 2.14. The topological polar surface area (TPSA) is 74.5 Å². The number of hydrogen-bond donors (Lipinski definition) is 1. The maximum atomic E-state index is 8.84. The van der Waals surface area contributed by atoms with Crippen LogP contribution >= 0.6 is 0 Å². The van der Waals surface area contributed by atoms with E-state index in [0.29, 0.717) is 18.2 Å². The molecule has 2 aromatic rings. The highest BCUT2D eigenvalue weighted by molar-refractivity contribution is 5.34. The second-order valence-electron chi connectivity index (χ2n) is 3.95. The van der Waals surface area contributed by atoms with E-state index in [1.165, 1.54) is 0 Å². The van der Waals surface area contributed by atoms with Crippen LogP contribution in [0.1, 0.15) is 22.6 Å². The number of pyridine rings is 1. The number of hydrogen-bond acceptors (Lipinski definition) is 5. The van der Waals surface area contributed by atoms with Crippen LogP contribution in [0.15, 0.2) is 24.4 Å². The first-order chi connectivity index (χ1) is 8.69. The molecule has 0 aliphatic rings. The molecule has 2 rings (SSSR count). The molecule has 18 heavy (non-hydrogen) atoms. The van der Waals surface area contributed by atoms with Gasteiger partial charge in [0, 0.05) is 11.9 Å². The average Bonchev–Trinajstić information content (AvgIpc) is 2.37. The van der Waals surface area contributed by atoms with E-state index in [1.54, 1.807) is 12.3 Å². The zero-order valence-corrected chi connectivity index (χ0v) is 10.3. The molecule has 0 saturated carbocycles. The standard InChI is InChI=1S/C13H13N5/c1-9-4-3-5-15-12(9)8-16-13-17-10(2)6-11(7-14)18-13/h3-6H,8H2,1-2H3,(H,16,17,18). The lowest BCUT2D eigenvalue weighted by molar-refractivity contribution is 0.970. The Morgan fingerprint density at radius 2 is 2.17 bits per heavy atom. The van der Waals surface area contributed by atoms with Gasteiger partial charge in [-0.3, -0.25) is 4.98 Å². The lowest BCUT2D eigenvalue weighted by atomic mass is 10.2. The molecule has 0 saturated heterocycles. The Hall–Kier alpha value is -2.48. The highest BCUT2D eigenvalue weighted by Gasteiger charge is 2.03. The van der Waals surface area contributed by atoms with Crippen LogP contribution in [-0.4, -0.2) is 15.0 Å². The Morgan fingerprint density at radius 3 is 2.89 bits per heavy atom. The minimum atomic E-state index is 0.364. The Kier molecular flexibility index (Phi) is 3.49. The third-order valence-electron chi connectivity index (χ3n) is 2.50. The second kappa shape index (κ2) is 5.23. The summed E-state index contributed by atoms with van der Waals surface area (Å²) in [5.74, 6) is 0.455. The summed E-state index contributed by atoms with van der Waals surface area (Å²) in [6.45, 7) is 4.38. The molecule has 0 spiro atoms. The lowest BCUT2D eigenvalue weighted by Gasteiger charge is -2.07. The molecule has 2 heterocycles. The van der Waals surface area contributed by atoms with Gasteiger partial charge in [-0.05, 0) is 31.5 Å². The summed E-state index contributed by atoms with van der Waals surface area (Å²) in [5.41, 5.74) is 3.18. The third-order valence-corrected chi connectivity index (χ3v) is 2.50. The van der Waals surface area contributed by atoms with Gasteiger partial charge in [-0.25, -0.2) is 9.97 Å². The first kappa shape index (κ1) is 12.0. The maximum Gasteiger partial charge on any atom is 0.224 e. The van der Waals surface area contributed by atoms with Crippen molar-refractivity contribution < 1.29 is 0 Å². The van der Waals surface area contributed by atoms with Crippen molar-refractivity contribution in [3.63, 3.8) is 0 Å². The maximum absolute atomic E-state index is 8.84.